The molecule has 48 heavy (non-hydrogen) atoms. The Morgan fingerprint density at radius 1 is 0.792 bits per heavy atom. The third kappa shape index (κ3) is 11.0. The van der Waals surface area contributed by atoms with Crippen LogP contribution in [-0.4, -0.2) is 112 Å². The van der Waals surface area contributed by atoms with E-state index in [2.05, 4.69) is 26.6 Å². The maximum atomic E-state index is 13.8. The number of aldehydes is 1. The molecule has 0 bridgehead atoms. The van der Waals surface area contributed by atoms with E-state index in [0.717, 1.165) is 13.3 Å². The number of hydrogen-bond donors (Lipinski definition) is 7. The summed E-state index contributed by atoms with van der Waals surface area (Å²) in [7, 11) is 0. The fraction of sp³-hybridized carbons (Fsp3) is 0.710. The van der Waals surface area contributed by atoms with Gasteiger partial charge in [0.1, 0.15) is 36.5 Å². The molecule has 17 nitrogen and oxygen atoms in total. The third-order valence-electron chi connectivity index (χ3n) is 8.46. The molecule has 0 radical (unpaired) electrons. The first-order chi connectivity index (χ1) is 22.4. The van der Waals surface area contributed by atoms with Crippen LogP contribution in [0.2, 0.25) is 0 Å². The Labute approximate surface area is 278 Å². The van der Waals surface area contributed by atoms with Crippen LogP contribution in [0.25, 0.3) is 0 Å². The summed E-state index contributed by atoms with van der Waals surface area (Å²) in [6.45, 7) is 9.76. The van der Waals surface area contributed by atoms with Gasteiger partial charge < -0.3 is 46.5 Å². The molecule has 1 heterocycles. The van der Waals surface area contributed by atoms with Crippen molar-refractivity contribution in [3.05, 3.63) is 0 Å². The molecule has 0 aromatic rings. The van der Waals surface area contributed by atoms with Crippen molar-refractivity contribution in [3.63, 3.8) is 0 Å². The molecular formula is C31H48N6O11. The molecule has 7 N–H and O–H groups in total. The zero-order chi connectivity index (χ0) is 36.5. The summed E-state index contributed by atoms with van der Waals surface area (Å²) in [4.78, 5) is 114. The normalized spacial score (nSPS) is 21.1. The second-order valence-electron chi connectivity index (χ2n) is 13.1. The van der Waals surface area contributed by atoms with Crippen LogP contribution < -0.4 is 26.6 Å². The van der Waals surface area contributed by atoms with E-state index in [1.54, 1.807) is 34.6 Å². The van der Waals surface area contributed by atoms with Crippen LogP contribution >= 0.6 is 0 Å². The number of nitrogens with zero attached hydrogens (tertiary/aromatic N) is 1. The molecule has 1 aliphatic carbocycles. The van der Waals surface area contributed by atoms with E-state index in [9.17, 15) is 48.3 Å². The van der Waals surface area contributed by atoms with Gasteiger partial charge in [0.25, 0.3) is 0 Å². The van der Waals surface area contributed by atoms with E-state index >= 15 is 0 Å². The number of likely N-dealkylation sites (tertiary alicyclic amines) is 1. The van der Waals surface area contributed by atoms with Gasteiger partial charge in [-0.1, -0.05) is 34.6 Å². The number of carbonyl (C=O) groups is 9. The summed E-state index contributed by atoms with van der Waals surface area (Å²) in [5, 5.41) is 30.7. The summed E-state index contributed by atoms with van der Waals surface area (Å²) in [6.07, 6.45) is 0.0527. The molecule has 17 heteroatoms. The second-order valence-corrected chi connectivity index (χ2v) is 13.1. The first kappa shape index (κ1) is 39.6. The molecular weight excluding hydrogens is 632 g/mol. The topological polar surface area (TPSA) is 257 Å². The highest BCUT2D eigenvalue weighted by molar-refractivity contribution is 5.98. The highest BCUT2D eigenvalue weighted by atomic mass is 16.4. The van der Waals surface area contributed by atoms with Crippen molar-refractivity contribution in [2.24, 2.45) is 23.7 Å². The van der Waals surface area contributed by atoms with Gasteiger partial charge in [0, 0.05) is 19.9 Å². The predicted molar refractivity (Wildman–Crippen MR) is 168 cm³/mol. The van der Waals surface area contributed by atoms with Crippen LogP contribution in [0.15, 0.2) is 0 Å². The fourth-order valence-electron chi connectivity index (χ4n) is 5.69. The molecule has 3 unspecified atom stereocenters. The predicted octanol–water partition coefficient (Wildman–Crippen LogP) is -1.46. The van der Waals surface area contributed by atoms with Crippen LogP contribution in [-0.2, 0) is 43.2 Å². The number of nitrogens with one attached hydrogen (secondary N) is 5. The van der Waals surface area contributed by atoms with Gasteiger partial charge >= 0.3 is 11.9 Å². The number of hydrogen-bond acceptors (Lipinski definition) is 9. The minimum Gasteiger partial charge on any atom is -0.481 e. The van der Waals surface area contributed by atoms with Crippen molar-refractivity contribution in [1.82, 2.24) is 31.5 Å². The number of carbonyl (C=O) groups excluding carboxylic acids is 7. The smallest absolute Gasteiger partial charge is 0.305 e. The lowest BCUT2D eigenvalue weighted by atomic mass is 9.98. The number of rotatable bonds is 19. The Morgan fingerprint density at radius 3 is 1.88 bits per heavy atom. The van der Waals surface area contributed by atoms with E-state index in [1.807, 2.05) is 0 Å². The summed E-state index contributed by atoms with van der Waals surface area (Å²) in [5.74, 6) is -8.05. The van der Waals surface area contributed by atoms with Crippen molar-refractivity contribution >= 4 is 53.7 Å². The minimum absolute atomic E-state index is 0.0555. The molecule has 1 saturated heterocycles. The summed E-state index contributed by atoms with van der Waals surface area (Å²) in [6, 6.07) is -6.97. The Bertz CT molecular complexity index is 1270. The molecule has 0 aromatic carbocycles. The maximum absolute atomic E-state index is 13.8. The molecule has 1 saturated carbocycles. The highest BCUT2D eigenvalue weighted by Gasteiger charge is 2.57. The van der Waals surface area contributed by atoms with Gasteiger partial charge in [0.15, 0.2) is 0 Å². The molecule has 268 valence electrons. The summed E-state index contributed by atoms with van der Waals surface area (Å²) in [5.41, 5.74) is 0. The Balaban J connectivity index is 2.22. The Kier molecular flexibility index (Phi) is 14.5. The average Bonchev–Trinajstić information content (AvgIpc) is 3.65. The fourth-order valence-corrected chi connectivity index (χ4v) is 5.69. The number of carboxylic acids is 2. The van der Waals surface area contributed by atoms with Crippen molar-refractivity contribution < 1.29 is 53.4 Å². The Morgan fingerprint density at radius 2 is 1.38 bits per heavy atom. The molecule has 2 fully saturated rings. The lowest BCUT2D eigenvalue weighted by Crippen LogP contribution is -2.61. The molecule has 2 aliphatic rings. The molecule has 0 aromatic heterocycles. The number of aliphatic carboxylic acids is 2. The lowest BCUT2D eigenvalue weighted by molar-refractivity contribution is -0.144. The van der Waals surface area contributed by atoms with Gasteiger partial charge in [0.2, 0.25) is 35.4 Å². The zero-order valence-corrected chi connectivity index (χ0v) is 28.1. The van der Waals surface area contributed by atoms with Gasteiger partial charge in [-0.2, -0.15) is 0 Å². The van der Waals surface area contributed by atoms with E-state index in [4.69, 9.17) is 5.11 Å². The SMILES string of the molecule is CCC(C=O)NC(=O)[C@@H]1C2CC2CN1C(=O)[C@@H](NC(=O)[C@@H](NC(=O)[C@H](CC(=O)O)NC(=O)[C@H](CCC(=O)O)NC(C)=O)C(C)C)C(C)C. The van der Waals surface area contributed by atoms with Gasteiger partial charge in [-0.15, -0.1) is 0 Å². The van der Waals surface area contributed by atoms with E-state index in [-0.39, 0.29) is 18.3 Å². The Hall–Kier alpha value is -4.57. The molecule has 8 atom stereocenters. The molecule has 2 rings (SSSR count). The van der Waals surface area contributed by atoms with Gasteiger partial charge in [0.05, 0.1) is 12.5 Å². The quantitative estimate of drug-likeness (QED) is 0.0776. The average molecular weight is 681 g/mol. The standard InChI is InChI=1S/C31H48N6O11/c1-7-18(13-38)33-30(47)26-19-10-17(19)12-37(26)31(48)25(15(4)5)36-29(46)24(14(2)3)35-28(45)21(11-23(42)43)34-27(44)20(32-16(6)39)8-9-22(40)41/h13-15,17-21,24-26H,7-12H2,1-6H3,(H,32,39)(H,33,47)(H,34,44)(H,35,45)(H,36,46)(H,40,41)(H,42,43)/t17?,18?,19?,20-,21-,24-,25-,26-/m0/s1. The van der Waals surface area contributed by atoms with Crippen LogP contribution in [0.5, 0.6) is 0 Å². The van der Waals surface area contributed by atoms with Gasteiger partial charge in [-0.3, -0.25) is 38.4 Å². The number of amides is 6. The van der Waals surface area contributed by atoms with Crippen molar-refractivity contribution in [2.45, 2.75) is 110 Å². The van der Waals surface area contributed by atoms with Crippen LogP contribution in [0.3, 0.4) is 0 Å². The highest BCUT2D eigenvalue weighted by Crippen LogP contribution is 2.49. The van der Waals surface area contributed by atoms with Crippen molar-refractivity contribution in [3.8, 4) is 0 Å². The summed E-state index contributed by atoms with van der Waals surface area (Å²) < 4.78 is 0. The number of fused-ring (bicyclic) bond motifs is 1. The van der Waals surface area contributed by atoms with Crippen LogP contribution in [0.1, 0.15) is 73.6 Å². The van der Waals surface area contributed by atoms with Crippen molar-refractivity contribution in [1.29, 1.82) is 0 Å². The minimum atomic E-state index is -1.71. The van der Waals surface area contributed by atoms with Gasteiger partial charge in [-0.05, 0) is 42.9 Å². The first-order valence-corrected chi connectivity index (χ1v) is 16.1. The zero-order valence-electron chi connectivity index (χ0n) is 28.1. The number of piperidine rings is 1. The molecule has 0 spiro atoms. The van der Waals surface area contributed by atoms with Crippen molar-refractivity contribution in [2.75, 3.05) is 6.54 Å². The largest absolute Gasteiger partial charge is 0.481 e. The second kappa shape index (κ2) is 17.5. The van der Waals surface area contributed by atoms with Crippen LogP contribution in [0, 0.1) is 23.7 Å². The third-order valence-corrected chi connectivity index (χ3v) is 8.46. The van der Waals surface area contributed by atoms with E-state index in [1.165, 1.54) is 4.90 Å². The number of carboxylic acid groups (broad SMARTS) is 2. The van der Waals surface area contributed by atoms with Crippen LogP contribution in [0.4, 0.5) is 0 Å². The summed E-state index contributed by atoms with van der Waals surface area (Å²) >= 11 is 0. The lowest BCUT2D eigenvalue weighted by Gasteiger charge is -2.34. The maximum Gasteiger partial charge on any atom is 0.305 e. The van der Waals surface area contributed by atoms with E-state index < -0.39 is 108 Å². The van der Waals surface area contributed by atoms with E-state index in [0.29, 0.717) is 19.3 Å². The monoisotopic (exact) mass is 680 g/mol. The molecule has 1 aliphatic heterocycles. The molecule has 6 amide bonds. The first-order valence-electron chi connectivity index (χ1n) is 16.1. The van der Waals surface area contributed by atoms with Gasteiger partial charge in [-0.25, -0.2) is 0 Å².